The highest BCUT2D eigenvalue weighted by atomic mass is 16.5. The van der Waals surface area contributed by atoms with E-state index >= 15 is 0 Å². The predicted molar refractivity (Wildman–Crippen MR) is 66.0 cm³/mol. The van der Waals surface area contributed by atoms with Crippen molar-refractivity contribution < 1.29 is 19.1 Å². The minimum atomic E-state index is -0.939. The van der Waals surface area contributed by atoms with Crippen LogP contribution in [0.25, 0.3) is 0 Å². The highest BCUT2D eigenvalue weighted by Gasteiger charge is 2.95. The van der Waals surface area contributed by atoms with Crippen molar-refractivity contribution in [2.75, 3.05) is 14.2 Å². The van der Waals surface area contributed by atoms with Crippen molar-refractivity contribution in [3.63, 3.8) is 0 Å². The topological polar surface area (TPSA) is 52.6 Å². The summed E-state index contributed by atoms with van der Waals surface area (Å²) in [6, 6.07) is 0. The molecule has 4 bridgehead atoms. The van der Waals surface area contributed by atoms with E-state index in [1.807, 2.05) is 0 Å². The summed E-state index contributed by atoms with van der Waals surface area (Å²) < 4.78 is 10.2. The summed E-state index contributed by atoms with van der Waals surface area (Å²) in [5.74, 6) is 5.64. The molecule has 0 saturated heterocycles. The third-order valence-electron chi connectivity index (χ3n) is 8.50. The molecule has 10 atom stereocenters. The molecular weight excluding hydrogens is 256 g/mol. The Kier molecular flexibility index (Phi) is 1.42. The van der Waals surface area contributed by atoms with Gasteiger partial charge in [-0.25, -0.2) is 0 Å². The van der Waals surface area contributed by atoms with Gasteiger partial charge in [-0.05, 0) is 65.6 Å². The fourth-order valence-electron chi connectivity index (χ4n) is 8.93. The van der Waals surface area contributed by atoms with Gasteiger partial charge < -0.3 is 9.47 Å². The van der Waals surface area contributed by atoms with Gasteiger partial charge in [-0.2, -0.15) is 0 Å². The van der Waals surface area contributed by atoms with E-state index in [2.05, 4.69) is 0 Å². The second kappa shape index (κ2) is 2.67. The van der Waals surface area contributed by atoms with Crippen molar-refractivity contribution in [3.05, 3.63) is 0 Å². The van der Waals surface area contributed by atoms with E-state index in [0.717, 1.165) is 23.7 Å². The third-order valence-corrected chi connectivity index (χ3v) is 8.50. The van der Waals surface area contributed by atoms with Gasteiger partial charge >= 0.3 is 11.9 Å². The summed E-state index contributed by atoms with van der Waals surface area (Å²) in [4.78, 5) is 25.3. The number of hydrogen-bond donors (Lipinski definition) is 0. The van der Waals surface area contributed by atoms with Gasteiger partial charge in [0, 0.05) is 0 Å². The number of carbonyl (C=O) groups is 2. The summed E-state index contributed by atoms with van der Waals surface area (Å²) in [7, 11) is 2.84. The first-order valence-electron chi connectivity index (χ1n) is 7.86. The maximum atomic E-state index is 12.6. The molecule has 4 heteroatoms. The van der Waals surface area contributed by atoms with Crippen molar-refractivity contribution in [2.45, 2.75) is 6.42 Å². The Morgan fingerprint density at radius 3 is 1.65 bits per heavy atom. The van der Waals surface area contributed by atoms with Gasteiger partial charge in [-0.3, -0.25) is 9.59 Å². The smallest absolute Gasteiger partial charge is 0.323 e. The summed E-state index contributed by atoms with van der Waals surface area (Å²) in [5, 5.41) is 0. The molecule has 0 aromatic heterocycles. The van der Waals surface area contributed by atoms with Crippen LogP contribution >= 0.6 is 0 Å². The summed E-state index contributed by atoms with van der Waals surface area (Å²) >= 11 is 0. The zero-order valence-corrected chi connectivity index (χ0v) is 11.6. The van der Waals surface area contributed by atoms with E-state index in [1.165, 1.54) is 20.6 Å². The van der Waals surface area contributed by atoms with E-state index in [9.17, 15) is 9.59 Å². The van der Waals surface area contributed by atoms with Crippen molar-refractivity contribution >= 4 is 11.9 Å². The molecule has 0 radical (unpaired) electrons. The van der Waals surface area contributed by atoms with Crippen LogP contribution in [0, 0.1) is 64.6 Å². The second-order valence-corrected chi connectivity index (χ2v) is 7.93. The van der Waals surface area contributed by atoms with Crippen LogP contribution in [0.15, 0.2) is 0 Å². The average Bonchev–Trinajstić information content (AvgIpc) is 3.08. The maximum Gasteiger partial charge on any atom is 0.323 e. The Labute approximate surface area is 117 Å². The molecule has 0 heterocycles. The first-order valence-corrected chi connectivity index (χ1v) is 7.86. The van der Waals surface area contributed by atoms with Crippen LogP contribution in [-0.4, -0.2) is 26.2 Å². The van der Waals surface area contributed by atoms with E-state index in [0.29, 0.717) is 23.7 Å². The van der Waals surface area contributed by atoms with E-state index in [1.54, 1.807) is 0 Å². The lowest BCUT2D eigenvalue weighted by atomic mass is 9.60. The monoisotopic (exact) mass is 274 g/mol. The highest BCUT2D eigenvalue weighted by Crippen LogP contribution is 2.94. The van der Waals surface area contributed by atoms with Gasteiger partial charge in [0.05, 0.1) is 14.2 Å². The lowest BCUT2D eigenvalue weighted by Crippen LogP contribution is -2.46. The number of methoxy groups -OCH3 is 2. The highest BCUT2D eigenvalue weighted by molar-refractivity contribution is 6.02. The van der Waals surface area contributed by atoms with Gasteiger partial charge in [0.2, 0.25) is 0 Å². The number of rotatable bonds is 2. The molecule has 0 N–H and O–H groups in total. The standard InChI is InChI=1S/C16H18O4/c1-19-14(17)16(15(18)20-2)12-8-4-3-5-7-6(4)10(12)11(7)13(16)9(5)8/h4-13H,3H2,1-2H3/t4-,5+,6-,7+,8-,9+,10+,11-,12+,13-. The number of carbonyl (C=O) groups excluding carboxylic acids is 2. The normalized spacial score (nSPS) is 63.1. The maximum absolute atomic E-state index is 12.6. The van der Waals surface area contributed by atoms with Gasteiger partial charge in [0.15, 0.2) is 5.41 Å². The van der Waals surface area contributed by atoms with Crippen LogP contribution in [0.5, 0.6) is 0 Å². The molecule has 0 spiro atoms. The fraction of sp³-hybridized carbons (Fsp3) is 0.875. The third kappa shape index (κ3) is 0.626. The predicted octanol–water partition coefficient (Wildman–Crippen LogP) is 0.952. The lowest BCUT2D eigenvalue weighted by Gasteiger charge is -2.44. The first kappa shape index (κ1) is 10.6. The summed E-state index contributed by atoms with van der Waals surface area (Å²) in [6.07, 6.45) is 1.38. The minimum absolute atomic E-state index is 0.237. The molecule has 20 heavy (non-hydrogen) atoms. The zero-order chi connectivity index (χ0) is 13.5. The molecule has 0 aliphatic heterocycles. The van der Waals surface area contributed by atoms with E-state index in [-0.39, 0.29) is 23.8 Å². The van der Waals surface area contributed by atoms with Crippen LogP contribution in [0.4, 0.5) is 0 Å². The SMILES string of the molecule is COC(=O)C1(C(=O)OC)[C@@H]2[C@H]3[C@@H]4[C@H]5C[C@H]6[C@@H]4[C@H]3[C@H]1[C@@H]6[C@@H]52. The molecule has 0 unspecified atom stereocenters. The van der Waals surface area contributed by atoms with Gasteiger partial charge in [0.25, 0.3) is 0 Å². The Balaban J connectivity index is 1.62. The van der Waals surface area contributed by atoms with Crippen molar-refractivity contribution in [3.8, 4) is 0 Å². The molecule has 0 aromatic carbocycles. The molecule has 4 nitrogen and oxygen atoms in total. The fourth-order valence-corrected chi connectivity index (χ4v) is 8.93. The summed E-state index contributed by atoms with van der Waals surface area (Å²) in [6.45, 7) is 0. The average molecular weight is 274 g/mol. The summed E-state index contributed by atoms with van der Waals surface area (Å²) in [5.41, 5.74) is -0.939. The molecule has 7 fully saturated rings. The Morgan fingerprint density at radius 2 is 1.25 bits per heavy atom. The Morgan fingerprint density at radius 1 is 0.800 bits per heavy atom. The number of hydrogen-bond acceptors (Lipinski definition) is 4. The van der Waals surface area contributed by atoms with Crippen LogP contribution in [0.2, 0.25) is 0 Å². The van der Waals surface area contributed by atoms with Gasteiger partial charge in [-0.1, -0.05) is 0 Å². The lowest BCUT2D eigenvalue weighted by molar-refractivity contribution is -0.174. The van der Waals surface area contributed by atoms with E-state index < -0.39 is 5.41 Å². The molecule has 7 saturated carbocycles. The van der Waals surface area contributed by atoms with Crippen LogP contribution in [0.1, 0.15) is 6.42 Å². The minimum Gasteiger partial charge on any atom is -0.468 e. The first-order chi connectivity index (χ1) is 9.69. The quantitative estimate of drug-likeness (QED) is 0.556. The van der Waals surface area contributed by atoms with Crippen molar-refractivity contribution in [1.82, 2.24) is 0 Å². The Bertz CT molecular complexity index is 529. The molecule has 7 rings (SSSR count). The van der Waals surface area contributed by atoms with Crippen LogP contribution in [0.3, 0.4) is 0 Å². The van der Waals surface area contributed by atoms with Gasteiger partial charge in [-0.15, -0.1) is 0 Å². The van der Waals surface area contributed by atoms with E-state index in [4.69, 9.17) is 9.47 Å². The van der Waals surface area contributed by atoms with Crippen molar-refractivity contribution in [1.29, 1.82) is 0 Å². The van der Waals surface area contributed by atoms with Crippen LogP contribution in [-0.2, 0) is 19.1 Å². The largest absolute Gasteiger partial charge is 0.468 e. The molecule has 0 aromatic rings. The molecule has 0 amide bonds. The molecule has 7 aliphatic carbocycles. The molecule has 7 aliphatic rings. The zero-order valence-electron chi connectivity index (χ0n) is 11.6. The number of ether oxygens (including phenoxy) is 2. The van der Waals surface area contributed by atoms with Crippen molar-refractivity contribution in [2.24, 2.45) is 64.6 Å². The van der Waals surface area contributed by atoms with Gasteiger partial charge in [0.1, 0.15) is 0 Å². The Hall–Kier alpha value is -1.06. The second-order valence-electron chi connectivity index (χ2n) is 7.93. The number of esters is 2. The molecular formula is C16H18O4. The molecule has 106 valence electrons. The van der Waals surface area contributed by atoms with Crippen LogP contribution < -0.4 is 0 Å².